The summed E-state index contributed by atoms with van der Waals surface area (Å²) >= 11 is 0. The number of aromatic amines is 1. The minimum absolute atomic E-state index is 0.153. The molecule has 1 fully saturated rings. The zero-order valence-electron chi connectivity index (χ0n) is 15.6. The molecule has 5 heteroatoms. The number of rotatable bonds is 3. The lowest BCUT2D eigenvalue weighted by Gasteiger charge is -2.22. The average Bonchev–Trinajstić information content (AvgIpc) is 2.73. The van der Waals surface area contributed by atoms with Crippen molar-refractivity contribution >= 4 is 27.8 Å². The number of nitrogens with one attached hydrogen (secondary N) is 2. The van der Waals surface area contributed by atoms with Gasteiger partial charge in [0.2, 0.25) is 5.95 Å². The summed E-state index contributed by atoms with van der Waals surface area (Å²) in [5.41, 5.74) is 2.17. The Kier molecular flexibility index (Phi) is 4.28. The van der Waals surface area contributed by atoms with Gasteiger partial charge in [-0.25, -0.2) is 4.98 Å². The van der Waals surface area contributed by atoms with E-state index in [9.17, 15) is 4.79 Å². The van der Waals surface area contributed by atoms with Crippen molar-refractivity contribution in [2.75, 3.05) is 5.32 Å². The lowest BCUT2D eigenvalue weighted by Crippen LogP contribution is -2.25. The van der Waals surface area contributed by atoms with Gasteiger partial charge in [0.1, 0.15) is 0 Å². The van der Waals surface area contributed by atoms with Crippen LogP contribution in [-0.2, 0) is 0 Å². The van der Waals surface area contributed by atoms with Gasteiger partial charge in [-0.15, -0.1) is 0 Å². The van der Waals surface area contributed by atoms with Crippen molar-refractivity contribution in [1.82, 2.24) is 15.0 Å². The molecule has 2 N–H and O–H groups in total. The fourth-order valence-corrected chi connectivity index (χ4v) is 4.17. The minimum atomic E-state index is -0.153. The topological polar surface area (TPSA) is 70.7 Å². The number of H-pyrrole nitrogens is 1. The average molecular weight is 370 g/mol. The largest absolute Gasteiger partial charge is 0.353 e. The molecule has 28 heavy (non-hydrogen) atoms. The molecule has 0 saturated heterocycles. The van der Waals surface area contributed by atoms with E-state index in [2.05, 4.69) is 44.5 Å². The van der Waals surface area contributed by atoms with Gasteiger partial charge in [0.25, 0.3) is 5.56 Å². The van der Waals surface area contributed by atoms with Crippen LogP contribution in [0.1, 0.15) is 32.1 Å². The summed E-state index contributed by atoms with van der Waals surface area (Å²) in [6.07, 6.45) is 7.69. The standard InChI is InChI=1S/C23H22N4O/c28-22-20-19(17-11-10-15-6-4-5-7-16(15)14-17)12-13-24-21(20)26-23(27-22)25-18-8-2-1-3-9-18/h4-7,10-14,18H,1-3,8-9H2,(H2,24,25,26,27,28). The summed E-state index contributed by atoms with van der Waals surface area (Å²) in [6.45, 7) is 0. The van der Waals surface area contributed by atoms with Crippen LogP contribution in [0.2, 0.25) is 0 Å². The van der Waals surface area contributed by atoms with E-state index in [4.69, 9.17) is 0 Å². The van der Waals surface area contributed by atoms with Crippen molar-refractivity contribution in [1.29, 1.82) is 0 Å². The number of anilines is 1. The Labute approximate surface area is 162 Å². The van der Waals surface area contributed by atoms with E-state index in [0.29, 0.717) is 23.0 Å². The van der Waals surface area contributed by atoms with Gasteiger partial charge in [0.05, 0.1) is 5.39 Å². The highest BCUT2D eigenvalue weighted by molar-refractivity contribution is 5.95. The summed E-state index contributed by atoms with van der Waals surface area (Å²) < 4.78 is 0. The molecular formula is C23H22N4O. The monoisotopic (exact) mass is 370 g/mol. The van der Waals surface area contributed by atoms with E-state index in [1.165, 1.54) is 24.6 Å². The van der Waals surface area contributed by atoms with Crippen LogP contribution in [0.25, 0.3) is 32.9 Å². The molecule has 140 valence electrons. The van der Waals surface area contributed by atoms with E-state index in [0.717, 1.165) is 29.4 Å². The number of aromatic nitrogens is 3. The summed E-state index contributed by atoms with van der Waals surface area (Å²) in [7, 11) is 0. The van der Waals surface area contributed by atoms with Gasteiger partial charge in [0.15, 0.2) is 5.65 Å². The van der Waals surface area contributed by atoms with Crippen LogP contribution in [0.5, 0.6) is 0 Å². The number of fused-ring (bicyclic) bond motifs is 2. The molecule has 0 radical (unpaired) electrons. The third kappa shape index (κ3) is 3.13. The molecule has 0 aliphatic heterocycles. The van der Waals surface area contributed by atoms with Crippen molar-refractivity contribution in [3.8, 4) is 11.1 Å². The first kappa shape index (κ1) is 16.9. The smallest absolute Gasteiger partial charge is 0.262 e. The summed E-state index contributed by atoms with van der Waals surface area (Å²) in [6, 6.07) is 16.7. The minimum Gasteiger partial charge on any atom is -0.353 e. The van der Waals surface area contributed by atoms with Gasteiger partial charge in [-0.2, -0.15) is 4.98 Å². The molecule has 0 atom stereocenters. The maximum absolute atomic E-state index is 12.9. The quantitative estimate of drug-likeness (QED) is 0.539. The molecule has 4 aromatic rings. The number of hydrogen-bond acceptors (Lipinski definition) is 4. The van der Waals surface area contributed by atoms with E-state index < -0.39 is 0 Å². The Morgan fingerprint density at radius 3 is 2.64 bits per heavy atom. The number of benzene rings is 2. The van der Waals surface area contributed by atoms with E-state index in [-0.39, 0.29) is 5.56 Å². The van der Waals surface area contributed by atoms with Crippen LogP contribution < -0.4 is 10.9 Å². The molecule has 0 unspecified atom stereocenters. The van der Waals surface area contributed by atoms with Gasteiger partial charge < -0.3 is 5.32 Å². The second-order valence-corrected chi connectivity index (χ2v) is 7.51. The number of nitrogens with zero attached hydrogens (tertiary/aromatic N) is 2. The molecule has 1 aliphatic carbocycles. The Bertz CT molecular complexity index is 1210. The zero-order valence-corrected chi connectivity index (χ0v) is 15.6. The Morgan fingerprint density at radius 1 is 0.964 bits per heavy atom. The third-order valence-corrected chi connectivity index (χ3v) is 5.61. The summed E-state index contributed by atoms with van der Waals surface area (Å²) in [5, 5.41) is 6.24. The molecule has 0 spiro atoms. The second-order valence-electron chi connectivity index (χ2n) is 7.51. The van der Waals surface area contributed by atoms with Crippen molar-refractivity contribution in [3.05, 3.63) is 65.1 Å². The molecule has 2 aromatic heterocycles. The van der Waals surface area contributed by atoms with E-state index in [1.54, 1.807) is 6.20 Å². The molecule has 1 saturated carbocycles. The number of pyridine rings is 1. The van der Waals surface area contributed by atoms with Crippen molar-refractivity contribution < 1.29 is 0 Å². The van der Waals surface area contributed by atoms with Crippen molar-refractivity contribution in [3.63, 3.8) is 0 Å². The lowest BCUT2D eigenvalue weighted by atomic mass is 9.96. The maximum Gasteiger partial charge on any atom is 0.262 e. The normalized spacial score (nSPS) is 15.1. The predicted molar refractivity (Wildman–Crippen MR) is 114 cm³/mol. The van der Waals surface area contributed by atoms with Crippen LogP contribution in [0.3, 0.4) is 0 Å². The fraction of sp³-hybridized carbons (Fsp3) is 0.261. The van der Waals surface area contributed by atoms with Crippen LogP contribution >= 0.6 is 0 Å². The molecule has 1 aliphatic rings. The first-order chi connectivity index (χ1) is 13.8. The highest BCUT2D eigenvalue weighted by Gasteiger charge is 2.16. The van der Waals surface area contributed by atoms with Gasteiger partial charge in [-0.3, -0.25) is 9.78 Å². The fourth-order valence-electron chi connectivity index (χ4n) is 4.17. The predicted octanol–water partition coefficient (Wildman–Crippen LogP) is 4.88. The molecular weight excluding hydrogens is 348 g/mol. The maximum atomic E-state index is 12.9. The Balaban J connectivity index is 1.58. The molecule has 0 bridgehead atoms. The Hall–Kier alpha value is -3.21. The Morgan fingerprint density at radius 2 is 1.79 bits per heavy atom. The molecule has 2 heterocycles. The van der Waals surface area contributed by atoms with Crippen LogP contribution in [0.4, 0.5) is 5.95 Å². The zero-order chi connectivity index (χ0) is 18.9. The lowest BCUT2D eigenvalue weighted by molar-refractivity contribution is 0.461. The van der Waals surface area contributed by atoms with Gasteiger partial charge in [-0.1, -0.05) is 55.7 Å². The van der Waals surface area contributed by atoms with Crippen LogP contribution in [0, 0.1) is 0 Å². The van der Waals surface area contributed by atoms with Crippen LogP contribution in [0.15, 0.2) is 59.5 Å². The van der Waals surface area contributed by atoms with E-state index in [1.807, 2.05) is 24.3 Å². The molecule has 5 rings (SSSR count). The first-order valence-electron chi connectivity index (χ1n) is 9.93. The van der Waals surface area contributed by atoms with Gasteiger partial charge in [-0.05, 0) is 46.9 Å². The summed E-state index contributed by atoms with van der Waals surface area (Å²) in [5.74, 6) is 0.521. The molecule has 5 nitrogen and oxygen atoms in total. The number of hydrogen-bond donors (Lipinski definition) is 2. The first-order valence-corrected chi connectivity index (χ1v) is 9.93. The van der Waals surface area contributed by atoms with Crippen LogP contribution in [-0.4, -0.2) is 21.0 Å². The second kappa shape index (κ2) is 7.08. The molecule has 0 amide bonds. The van der Waals surface area contributed by atoms with Gasteiger partial charge >= 0.3 is 0 Å². The SMILES string of the molecule is O=c1[nH]c(NC2CCCCC2)nc2nccc(-c3ccc4ccccc4c3)c12. The van der Waals surface area contributed by atoms with E-state index >= 15 is 0 Å². The van der Waals surface area contributed by atoms with Crippen molar-refractivity contribution in [2.45, 2.75) is 38.1 Å². The summed E-state index contributed by atoms with van der Waals surface area (Å²) in [4.78, 5) is 24.8. The highest BCUT2D eigenvalue weighted by Crippen LogP contribution is 2.28. The van der Waals surface area contributed by atoms with Crippen molar-refractivity contribution in [2.24, 2.45) is 0 Å². The van der Waals surface area contributed by atoms with Gasteiger partial charge in [0, 0.05) is 12.2 Å². The molecule has 2 aromatic carbocycles. The highest BCUT2D eigenvalue weighted by atomic mass is 16.1. The third-order valence-electron chi connectivity index (χ3n) is 5.61.